The molecule has 0 fully saturated rings. The Bertz CT molecular complexity index is 886. The minimum absolute atomic E-state index is 0.270. The predicted molar refractivity (Wildman–Crippen MR) is 104 cm³/mol. The lowest BCUT2D eigenvalue weighted by Crippen LogP contribution is -2.49. The van der Waals surface area contributed by atoms with Gasteiger partial charge in [0.05, 0.1) is 0 Å². The molecule has 0 saturated heterocycles. The summed E-state index contributed by atoms with van der Waals surface area (Å²) in [5.74, 6) is 0. The molecule has 0 unspecified atom stereocenters. The molecular formula is C23H22N2. The van der Waals surface area contributed by atoms with Crippen LogP contribution in [0.25, 0.3) is 0 Å². The Balaban J connectivity index is 1.72. The highest BCUT2D eigenvalue weighted by molar-refractivity contribution is 5.70. The van der Waals surface area contributed by atoms with Crippen molar-refractivity contribution in [2.24, 2.45) is 0 Å². The van der Waals surface area contributed by atoms with Crippen molar-refractivity contribution in [1.29, 1.82) is 0 Å². The summed E-state index contributed by atoms with van der Waals surface area (Å²) in [5, 5.41) is 0. The number of fused-ring (bicyclic) bond motifs is 6. The summed E-state index contributed by atoms with van der Waals surface area (Å²) in [6, 6.07) is 24.7. The van der Waals surface area contributed by atoms with Gasteiger partial charge in [-0.3, -0.25) is 0 Å². The third kappa shape index (κ3) is 2.25. The van der Waals surface area contributed by atoms with Gasteiger partial charge in [0, 0.05) is 24.5 Å². The number of aryl methyl sites for hydroxylation is 2. The van der Waals surface area contributed by atoms with Crippen LogP contribution in [0.5, 0.6) is 0 Å². The number of anilines is 2. The van der Waals surface area contributed by atoms with Gasteiger partial charge in [0.25, 0.3) is 0 Å². The molecule has 0 aliphatic carbocycles. The summed E-state index contributed by atoms with van der Waals surface area (Å²) in [6.07, 6.45) is 0.270. The Morgan fingerprint density at radius 2 is 1.20 bits per heavy atom. The second-order valence-electron chi connectivity index (χ2n) is 7.30. The lowest BCUT2D eigenvalue weighted by atomic mass is 9.94. The van der Waals surface area contributed by atoms with Crippen LogP contribution in [0.2, 0.25) is 0 Å². The molecule has 0 aromatic heterocycles. The lowest BCUT2D eigenvalue weighted by Gasteiger charge is -2.51. The fourth-order valence-corrected chi connectivity index (χ4v) is 4.37. The van der Waals surface area contributed by atoms with E-state index >= 15 is 0 Å². The first kappa shape index (κ1) is 14.6. The molecule has 5 rings (SSSR count). The number of hydrogen-bond donors (Lipinski definition) is 0. The molecule has 0 radical (unpaired) electrons. The van der Waals surface area contributed by atoms with E-state index in [1.807, 2.05) is 0 Å². The predicted octanol–water partition coefficient (Wildman–Crippen LogP) is 5.34. The van der Waals surface area contributed by atoms with Gasteiger partial charge in [-0.1, -0.05) is 65.7 Å². The minimum atomic E-state index is 0.270. The fourth-order valence-electron chi connectivity index (χ4n) is 4.37. The molecule has 3 aromatic rings. The second-order valence-corrected chi connectivity index (χ2v) is 7.30. The van der Waals surface area contributed by atoms with Crippen LogP contribution in [-0.4, -0.2) is 0 Å². The Labute approximate surface area is 149 Å². The van der Waals surface area contributed by atoms with Gasteiger partial charge in [-0.05, 0) is 42.7 Å². The van der Waals surface area contributed by atoms with Crippen molar-refractivity contribution in [3.63, 3.8) is 0 Å². The van der Waals surface area contributed by atoms with E-state index in [1.165, 1.54) is 39.2 Å². The molecule has 3 aromatic carbocycles. The maximum atomic E-state index is 2.56. The normalized spacial score (nSPS) is 15.8. The van der Waals surface area contributed by atoms with Gasteiger partial charge in [0.1, 0.15) is 6.17 Å². The molecule has 2 heterocycles. The first-order valence-corrected chi connectivity index (χ1v) is 8.98. The Hall–Kier alpha value is -2.74. The van der Waals surface area contributed by atoms with E-state index in [-0.39, 0.29) is 6.17 Å². The van der Waals surface area contributed by atoms with E-state index in [4.69, 9.17) is 0 Å². The van der Waals surface area contributed by atoms with E-state index in [0.29, 0.717) is 0 Å². The zero-order chi connectivity index (χ0) is 17.0. The summed E-state index contributed by atoms with van der Waals surface area (Å²) in [5.41, 5.74) is 9.64. The number of hydrogen-bond acceptors (Lipinski definition) is 2. The molecule has 0 N–H and O–H groups in total. The van der Waals surface area contributed by atoms with E-state index in [9.17, 15) is 0 Å². The summed E-state index contributed by atoms with van der Waals surface area (Å²) in [7, 11) is 0. The van der Waals surface area contributed by atoms with Crippen molar-refractivity contribution in [2.45, 2.75) is 33.1 Å². The van der Waals surface area contributed by atoms with Crippen molar-refractivity contribution < 1.29 is 0 Å². The topological polar surface area (TPSA) is 6.48 Å². The Morgan fingerprint density at radius 1 is 0.680 bits per heavy atom. The number of nitrogens with zero attached hydrogens (tertiary/aromatic N) is 2. The monoisotopic (exact) mass is 326 g/mol. The minimum Gasteiger partial charge on any atom is -0.343 e. The van der Waals surface area contributed by atoms with Crippen LogP contribution in [0.1, 0.15) is 34.0 Å². The molecule has 2 nitrogen and oxygen atoms in total. The van der Waals surface area contributed by atoms with Crippen LogP contribution in [-0.2, 0) is 13.1 Å². The SMILES string of the molecule is Cc1ccc2c(c1)CN1c3ccc(C)cc3CN2C1c1ccccc1. The summed E-state index contributed by atoms with van der Waals surface area (Å²) >= 11 is 0. The van der Waals surface area contributed by atoms with Crippen LogP contribution in [0.4, 0.5) is 11.4 Å². The van der Waals surface area contributed by atoms with E-state index < -0.39 is 0 Å². The average Bonchev–Trinajstić information content (AvgIpc) is 2.61. The lowest BCUT2D eigenvalue weighted by molar-refractivity contribution is 0.519. The van der Waals surface area contributed by atoms with Crippen LogP contribution in [0.15, 0.2) is 66.7 Å². The average molecular weight is 326 g/mol. The van der Waals surface area contributed by atoms with Crippen molar-refractivity contribution in [2.75, 3.05) is 9.80 Å². The third-order valence-corrected chi connectivity index (χ3v) is 5.46. The highest BCUT2D eigenvalue weighted by Gasteiger charge is 2.38. The Kier molecular flexibility index (Phi) is 3.14. The second kappa shape index (κ2) is 5.38. The maximum absolute atomic E-state index is 2.56. The molecule has 0 atom stereocenters. The first-order valence-electron chi connectivity index (χ1n) is 8.98. The van der Waals surface area contributed by atoms with Gasteiger partial charge in [-0.2, -0.15) is 0 Å². The molecule has 124 valence electrons. The molecule has 2 aliphatic rings. The fraction of sp³-hybridized carbons (Fsp3) is 0.217. The van der Waals surface area contributed by atoms with Crippen LogP contribution >= 0.6 is 0 Å². The first-order chi connectivity index (χ1) is 12.2. The highest BCUT2D eigenvalue weighted by atomic mass is 15.4. The Morgan fingerprint density at radius 3 is 1.72 bits per heavy atom. The van der Waals surface area contributed by atoms with E-state index in [2.05, 4.69) is 90.4 Å². The molecular weight excluding hydrogens is 304 g/mol. The quantitative estimate of drug-likeness (QED) is 0.595. The molecule has 2 heteroatoms. The van der Waals surface area contributed by atoms with Gasteiger partial charge >= 0.3 is 0 Å². The molecule has 2 bridgehead atoms. The van der Waals surface area contributed by atoms with Crippen molar-refractivity contribution in [1.82, 2.24) is 0 Å². The summed E-state index contributed by atoms with van der Waals surface area (Å²) in [6.45, 7) is 6.29. The summed E-state index contributed by atoms with van der Waals surface area (Å²) < 4.78 is 0. The smallest absolute Gasteiger partial charge is 0.129 e. The van der Waals surface area contributed by atoms with Crippen LogP contribution in [0, 0.1) is 13.8 Å². The van der Waals surface area contributed by atoms with Crippen molar-refractivity contribution >= 4 is 11.4 Å². The molecule has 2 aliphatic heterocycles. The largest absolute Gasteiger partial charge is 0.343 e. The standard InChI is InChI=1S/C23H22N2/c1-16-8-10-21-19(12-16)14-24-22-11-9-17(2)13-20(22)15-25(21)23(24)18-6-4-3-5-7-18/h3-13,23H,14-15H2,1-2H3. The maximum Gasteiger partial charge on any atom is 0.129 e. The van der Waals surface area contributed by atoms with Gasteiger partial charge in [0.2, 0.25) is 0 Å². The van der Waals surface area contributed by atoms with Crippen molar-refractivity contribution in [3.05, 3.63) is 94.5 Å². The number of rotatable bonds is 1. The molecule has 25 heavy (non-hydrogen) atoms. The van der Waals surface area contributed by atoms with Crippen LogP contribution in [0.3, 0.4) is 0 Å². The molecule has 0 amide bonds. The number of benzene rings is 3. The van der Waals surface area contributed by atoms with Gasteiger partial charge in [-0.15, -0.1) is 0 Å². The van der Waals surface area contributed by atoms with Crippen LogP contribution < -0.4 is 9.80 Å². The van der Waals surface area contributed by atoms with E-state index in [0.717, 1.165) is 13.1 Å². The van der Waals surface area contributed by atoms with Crippen molar-refractivity contribution in [3.8, 4) is 0 Å². The summed E-state index contributed by atoms with van der Waals surface area (Å²) in [4.78, 5) is 5.13. The highest BCUT2D eigenvalue weighted by Crippen LogP contribution is 2.47. The van der Waals surface area contributed by atoms with E-state index in [1.54, 1.807) is 0 Å². The van der Waals surface area contributed by atoms with Gasteiger partial charge in [0.15, 0.2) is 0 Å². The molecule has 0 saturated carbocycles. The molecule has 0 spiro atoms. The zero-order valence-corrected chi connectivity index (χ0v) is 14.7. The van der Waals surface area contributed by atoms with Gasteiger partial charge in [-0.25, -0.2) is 0 Å². The van der Waals surface area contributed by atoms with Gasteiger partial charge < -0.3 is 9.80 Å². The zero-order valence-electron chi connectivity index (χ0n) is 14.7. The third-order valence-electron chi connectivity index (χ3n) is 5.46.